The predicted octanol–water partition coefficient (Wildman–Crippen LogP) is -0.518. The van der Waals surface area contributed by atoms with E-state index in [1.54, 1.807) is 0 Å². The van der Waals surface area contributed by atoms with Crippen LogP contribution >= 0.6 is 0 Å². The summed E-state index contributed by atoms with van der Waals surface area (Å²) in [6, 6.07) is 0. The second-order valence-electron chi connectivity index (χ2n) is 2.67. The first-order valence-electron chi connectivity index (χ1n) is 4.30. The van der Waals surface area contributed by atoms with Crippen molar-refractivity contribution in [2.45, 2.75) is 12.2 Å². The van der Waals surface area contributed by atoms with Gasteiger partial charge in [-0.05, 0) is 17.9 Å². The quantitative estimate of drug-likeness (QED) is 0.286. The Morgan fingerprint density at radius 3 is 3.00 bits per heavy atom. The van der Waals surface area contributed by atoms with E-state index in [0.717, 1.165) is 0 Å². The third-order valence-electron chi connectivity index (χ3n) is 1.62. The summed E-state index contributed by atoms with van der Waals surface area (Å²) >= 11 is 0. The highest BCUT2D eigenvalue weighted by atomic mass is 16.6. The number of aliphatic hydroxyl groups is 1. The molecule has 1 rings (SSSR count). The molecule has 0 bridgehead atoms. The third kappa shape index (κ3) is 4.33. The molecule has 1 aliphatic heterocycles. The van der Waals surface area contributed by atoms with Crippen LogP contribution in [0.2, 0.25) is 0 Å². The number of epoxide rings is 1. The van der Waals surface area contributed by atoms with Gasteiger partial charge in [-0.1, -0.05) is 11.8 Å². The van der Waals surface area contributed by atoms with Gasteiger partial charge in [-0.15, -0.1) is 0 Å². The van der Waals surface area contributed by atoms with Gasteiger partial charge in [-0.2, -0.15) is 0 Å². The van der Waals surface area contributed by atoms with Crippen molar-refractivity contribution in [3.63, 3.8) is 0 Å². The largest absolute Gasteiger partial charge is 0.466 e. The molecule has 0 radical (unpaired) electrons. The molecule has 0 aromatic rings. The first-order valence-corrected chi connectivity index (χ1v) is 4.30. The van der Waals surface area contributed by atoms with Crippen LogP contribution in [0.1, 0.15) is 0 Å². The zero-order valence-electron chi connectivity index (χ0n) is 8.19. The molecule has 0 amide bonds. The molecule has 4 heteroatoms. The Morgan fingerprint density at radius 2 is 2.40 bits per heavy atom. The monoisotopic (exact) mass is 206 g/mol. The van der Waals surface area contributed by atoms with Crippen molar-refractivity contribution in [3.05, 3.63) is 12.2 Å². The minimum atomic E-state index is -0.455. The van der Waals surface area contributed by atoms with Gasteiger partial charge < -0.3 is 14.6 Å². The number of aliphatic hydroxyl groups excluding tert-OH is 1. The maximum absolute atomic E-state index is 10.6. The van der Waals surface area contributed by atoms with Crippen LogP contribution < -0.4 is 0 Å². The van der Waals surface area contributed by atoms with Crippen LogP contribution in [0.5, 0.6) is 0 Å². The van der Waals surface area contributed by atoms with Crippen LogP contribution in [0.25, 0.3) is 0 Å². The lowest BCUT2D eigenvalue weighted by molar-refractivity contribution is -0.134. The van der Waals surface area contributed by atoms with E-state index in [1.807, 2.05) is 0 Å². The summed E-state index contributed by atoms with van der Waals surface area (Å²) in [4.78, 5) is 10.6. The summed E-state index contributed by atoms with van der Waals surface area (Å²) in [7, 11) is 1.29. The molecule has 1 saturated heterocycles. The molecular formula is C11H10O4. The van der Waals surface area contributed by atoms with E-state index in [4.69, 9.17) is 9.84 Å². The lowest BCUT2D eigenvalue weighted by Gasteiger charge is -1.84. The molecule has 0 aromatic carbocycles. The second-order valence-corrected chi connectivity index (χ2v) is 2.67. The average molecular weight is 206 g/mol. The van der Waals surface area contributed by atoms with Crippen LogP contribution in [0.3, 0.4) is 0 Å². The lowest BCUT2D eigenvalue weighted by Crippen LogP contribution is -1.95. The molecule has 15 heavy (non-hydrogen) atoms. The summed E-state index contributed by atoms with van der Waals surface area (Å²) in [5, 5.41) is 8.61. The van der Waals surface area contributed by atoms with E-state index in [2.05, 4.69) is 28.4 Å². The number of esters is 1. The van der Waals surface area contributed by atoms with Crippen molar-refractivity contribution in [2.75, 3.05) is 13.7 Å². The molecule has 0 aromatic heterocycles. The number of hydrogen-bond acceptors (Lipinski definition) is 4. The van der Waals surface area contributed by atoms with E-state index >= 15 is 0 Å². The molecule has 4 nitrogen and oxygen atoms in total. The number of carbonyl (C=O) groups excluding carboxylic acids is 1. The zero-order chi connectivity index (χ0) is 11.1. The third-order valence-corrected chi connectivity index (χ3v) is 1.62. The van der Waals surface area contributed by atoms with Crippen molar-refractivity contribution >= 4 is 5.97 Å². The summed E-state index contributed by atoms with van der Waals surface area (Å²) in [5.41, 5.74) is 0. The second kappa shape index (κ2) is 5.87. The van der Waals surface area contributed by atoms with Crippen molar-refractivity contribution in [1.29, 1.82) is 0 Å². The number of allylic oxidation sites excluding steroid dienone is 1. The number of methoxy groups -OCH3 is 1. The fourth-order valence-corrected chi connectivity index (χ4v) is 0.771. The Labute approximate surface area is 87.9 Å². The van der Waals surface area contributed by atoms with E-state index in [-0.39, 0.29) is 18.8 Å². The van der Waals surface area contributed by atoms with Gasteiger partial charge in [0.1, 0.15) is 12.2 Å². The van der Waals surface area contributed by atoms with Crippen molar-refractivity contribution in [1.82, 2.24) is 0 Å². The number of hydrogen-bond donors (Lipinski definition) is 1. The van der Waals surface area contributed by atoms with Gasteiger partial charge in [0.2, 0.25) is 0 Å². The highest BCUT2D eigenvalue weighted by molar-refractivity contribution is 5.82. The van der Waals surface area contributed by atoms with Crippen molar-refractivity contribution in [2.24, 2.45) is 0 Å². The van der Waals surface area contributed by atoms with E-state index in [1.165, 1.54) is 19.3 Å². The molecule has 1 aliphatic rings. The molecule has 0 aliphatic carbocycles. The van der Waals surface area contributed by atoms with Crippen LogP contribution in [-0.4, -0.2) is 37.0 Å². The normalized spacial score (nSPS) is 22.3. The first kappa shape index (κ1) is 11.3. The van der Waals surface area contributed by atoms with E-state index in [0.29, 0.717) is 0 Å². The van der Waals surface area contributed by atoms with Gasteiger partial charge in [-0.3, -0.25) is 0 Å². The Bertz CT molecular complexity index is 375. The molecule has 0 saturated carbocycles. The van der Waals surface area contributed by atoms with Crippen LogP contribution in [0.15, 0.2) is 12.2 Å². The summed E-state index contributed by atoms with van der Waals surface area (Å²) < 4.78 is 9.30. The van der Waals surface area contributed by atoms with Crippen molar-refractivity contribution < 1.29 is 19.4 Å². The molecule has 2 unspecified atom stereocenters. The molecule has 1 fully saturated rings. The molecule has 1 heterocycles. The van der Waals surface area contributed by atoms with Crippen LogP contribution in [0.4, 0.5) is 0 Å². The van der Waals surface area contributed by atoms with Crippen LogP contribution in [-0.2, 0) is 14.3 Å². The summed E-state index contributed by atoms with van der Waals surface area (Å²) in [6.45, 7) is -0.0188. The fourth-order valence-electron chi connectivity index (χ4n) is 0.771. The summed E-state index contributed by atoms with van der Waals surface area (Å²) in [6.07, 6.45) is 2.20. The van der Waals surface area contributed by atoms with Crippen LogP contribution in [0, 0.1) is 23.7 Å². The number of ether oxygens (including phenoxy) is 2. The number of carbonyl (C=O) groups is 1. The smallest absolute Gasteiger partial charge is 0.331 e. The van der Waals surface area contributed by atoms with Gasteiger partial charge in [0.15, 0.2) is 0 Å². The van der Waals surface area contributed by atoms with Gasteiger partial charge in [0.05, 0.1) is 13.7 Å². The van der Waals surface area contributed by atoms with Gasteiger partial charge >= 0.3 is 5.97 Å². The molecular weight excluding hydrogens is 196 g/mol. The van der Waals surface area contributed by atoms with E-state index in [9.17, 15) is 4.79 Å². The molecule has 1 N–H and O–H groups in total. The van der Waals surface area contributed by atoms with Crippen molar-refractivity contribution in [3.8, 4) is 23.7 Å². The molecule has 2 atom stereocenters. The molecule has 0 spiro atoms. The SMILES string of the molecule is COC(=O)C=CC#CC#CC1OC1CO. The number of rotatable bonds is 2. The Kier molecular flexibility index (Phi) is 4.43. The highest BCUT2D eigenvalue weighted by Crippen LogP contribution is 2.19. The standard InChI is InChI=1S/C11H10O4/c1-14-11(13)7-5-3-2-4-6-9-10(8-12)15-9/h5,7,9-10,12H,8H2,1H3. The zero-order valence-corrected chi connectivity index (χ0v) is 8.19. The lowest BCUT2D eigenvalue weighted by atomic mass is 10.3. The topological polar surface area (TPSA) is 59.1 Å². The Morgan fingerprint density at radius 1 is 1.60 bits per heavy atom. The fraction of sp³-hybridized carbons (Fsp3) is 0.364. The van der Waals surface area contributed by atoms with Gasteiger partial charge in [-0.25, -0.2) is 4.79 Å². The highest BCUT2D eigenvalue weighted by Gasteiger charge is 2.36. The van der Waals surface area contributed by atoms with Gasteiger partial charge in [0, 0.05) is 6.08 Å². The minimum absolute atomic E-state index is 0.0188. The predicted molar refractivity (Wildman–Crippen MR) is 52.5 cm³/mol. The first-order chi connectivity index (χ1) is 7.27. The average Bonchev–Trinajstić information content (AvgIpc) is 3.01. The molecule has 78 valence electrons. The Balaban J connectivity index is 2.28. The maximum atomic E-state index is 10.6. The minimum Gasteiger partial charge on any atom is -0.466 e. The maximum Gasteiger partial charge on any atom is 0.331 e. The summed E-state index contributed by atoms with van der Waals surface area (Å²) in [5.74, 6) is 9.86. The Hall–Kier alpha value is -1.75. The van der Waals surface area contributed by atoms with Gasteiger partial charge in [0.25, 0.3) is 0 Å². The van der Waals surface area contributed by atoms with E-state index < -0.39 is 5.97 Å².